The molecule has 4 nitrogen and oxygen atoms in total. The summed E-state index contributed by atoms with van der Waals surface area (Å²) in [5.74, 6) is -0.244. The SMILES string of the molecule is CC(=O)Nc1cccc(NC(=O)C(C)(C)c2ccccc2)c1. The average Bonchev–Trinajstić information content (AvgIpc) is 2.47. The van der Waals surface area contributed by atoms with Crippen LogP contribution in [0.25, 0.3) is 0 Å². The Hall–Kier alpha value is -2.62. The summed E-state index contributed by atoms with van der Waals surface area (Å²) in [6.07, 6.45) is 0. The van der Waals surface area contributed by atoms with E-state index in [1.165, 1.54) is 6.92 Å². The fourth-order valence-corrected chi connectivity index (χ4v) is 2.15. The lowest BCUT2D eigenvalue weighted by Gasteiger charge is -2.24. The molecule has 0 fully saturated rings. The first kappa shape index (κ1) is 15.8. The molecule has 2 aromatic rings. The summed E-state index contributed by atoms with van der Waals surface area (Å²) < 4.78 is 0. The molecule has 0 heterocycles. The molecule has 22 heavy (non-hydrogen) atoms. The first-order valence-corrected chi connectivity index (χ1v) is 7.14. The van der Waals surface area contributed by atoms with Gasteiger partial charge in [-0.1, -0.05) is 36.4 Å². The van der Waals surface area contributed by atoms with E-state index >= 15 is 0 Å². The molecule has 2 amide bonds. The topological polar surface area (TPSA) is 58.2 Å². The number of carbonyl (C=O) groups is 2. The van der Waals surface area contributed by atoms with Crippen molar-refractivity contribution in [3.8, 4) is 0 Å². The summed E-state index contributed by atoms with van der Waals surface area (Å²) in [7, 11) is 0. The highest BCUT2D eigenvalue weighted by Crippen LogP contribution is 2.25. The van der Waals surface area contributed by atoms with Gasteiger partial charge in [0.25, 0.3) is 0 Å². The number of amides is 2. The molecule has 0 radical (unpaired) electrons. The maximum Gasteiger partial charge on any atom is 0.234 e. The Morgan fingerprint density at radius 3 is 2.05 bits per heavy atom. The van der Waals surface area contributed by atoms with Crippen molar-refractivity contribution in [1.82, 2.24) is 0 Å². The first-order chi connectivity index (χ1) is 10.4. The van der Waals surface area contributed by atoms with Crippen LogP contribution in [0.15, 0.2) is 54.6 Å². The summed E-state index contributed by atoms with van der Waals surface area (Å²) in [5, 5.41) is 5.60. The van der Waals surface area contributed by atoms with Crippen LogP contribution < -0.4 is 10.6 Å². The number of benzene rings is 2. The quantitative estimate of drug-likeness (QED) is 0.906. The zero-order valence-electron chi connectivity index (χ0n) is 13.0. The third-order valence-electron chi connectivity index (χ3n) is 3.50. The molecule has 4 heteroatoms. The van der Waals surface area contributed by atoms with Crippen molar-refractivity contribution in [2.24, 2.45) is 0 Å². The van der Waals surface area contributed by atoms with Crippen LogP contribution in [-0.4, -0.2) is 11.8 Å². The van der Waals surface area contributed by atoms with Gasteiger partial charge in [0.15, 0.2) is 0 Å². The number of rotatable bonds is 4. The summed E-state index contributed by atoms with van der Waals surface area (Å²) in [6, 6.07) is 16.7. The van der Waals surface area contributed by atoms with E-state index in [0.717, 1.165) is 5.56 Å². The van der Waals surface area contributed by atoms with Crippen molar-refractivity contribution in [2.75, 3.05) is 10.6 Å². The van der Waals surface area contributed by atoms with Crippen LogP contribution in [-0.2, 0) is 15.0 Å². The number of carbonyl (C=O) groups excluding carboxylic acids is 2. The van der Waals surface area contributed by atoms with Crippen molar-refractivity contribution < 1.29 is 9.59 Å². The monoisotopic (exact) mass is 296 g/mol. The van der Waals surface area contributed by atoms with Crippen LogP contribution in [0, 0.1) is 0 Å². The van der Waals surface area contributed by atoms with Gasteiger partial charge in [0.05, 0.1) is 5.41 Å². The van der Waals surface area contributed by atoms with E-state index in [0.29, 0.717) is 11.4 Å². The zero-order valence-corrected chi connectivity index (χ0v) is 13.0. The molecule has 0 unspecified atom stereocenters. The maximum absolute atomic E-state index is 12.6. The van der Waals surface area contributed by atoms with Crippen LogP contribution in [0.4, 0.5) is 11.4 Å². The largest absolute Gasteiger partial charge is 0.326 e. The third-order valence-corrected chi connectivity index (χ3v) is 3.50. The minimum atomic E-state index is -0.648. The first-order valence-electron chi connectivity index (χ1n) is 7.14. The highest BCUT2D eigenvalue weighted by atomic mass is 16.2. The zero-order chi connectivity index (χ0) is 16.2. The van der Waals surface area contributed by atoms with Gasteiger partial charge in [-0.2, -0.15) is 0 Å². The van der Waals surface area contributed by atoms with E-state index in [2.05, 4.69) is 10.6 Å². The van der Waals surface area contributed by atoms with E-state index in [1.807, 2.05) is 44.2 Å². The van der Waals surface area contributed by atoms with Crippen LogP contribution in [0.2, 0.25) is 0 Å². The Balaban J connectivity index is 2.16. The van der Waals surface area contributed by atoms with E-state index in [1.54, 1.807) is 24.3 Å². The molecule has 2 aromatic carbocycles. The smallest absolute Gasteiger partial charge is 0.234 e. The lowest BCUT2D eigenvalue weighted by atomic mass is 9.83. The molecular formula is C18H20N2O2. The van der Waals surface area contributed by atoms with Crippen LogP contribution >= 0.6 is 0 Å². The highest BCUT2D eigenvalue weighted by molar-refractivity contribution is 5.99. The molecular weight excluding hydrogens is 276 g/mol. The molecule has 0 aliphatic carbocycles. The van der Waals surface area contributed by atoms with Gasteiger partial charge in [0.1, 0.15) is 0 Å². The second-order valence-electron chi connectivity index (χ2n) is 5.71. The Labute approximate surface area is 130 Å². The molecule has 114 valence electrons. The number of hydrogen-bond acceptors (Lipinski definition) is 2. The van der Waals surface area contributed by atoms with Gasteiger partial charge in [0.2, 0.25) is 11.8 Å². The lowest BCUT2D eigenvalue weighted by Crippen LogP contribution is -2.34. The Kier molecular flexibility index (Phi) is 4.61. The van der Waals surface area contributed by atoms with Crippen LogP contribution in [0.1, 0.15) is 26.3 Å². The number of nitrogens with one attached hydrogen (secondary N) is 2. The Bertz CT molecular complexity index is 678. The second kappa shape index (κ2) is 6.43. The lowest BCUT2D eigenvalue weighted by molar-refractivity contribution is -0.120. The average molecular weight is 296 g/mol. The molecule has 0 saturated carbocycles. The fraction of sp³-hybridized carbons (Fsp3) is 0.222. The Morgan fingerprint density at radius 1 is 0.864 bits per heavy atom. The van der Waals surface area contributed by atoms with Gasteiger partial charge < -0.3 is 10.6 Å². The predicted molar refractivity (Wildman–Crippen MR) is 88.8 cm³/mol. The molecule has 0 spiro atoms. The third kappa shape index (κ3) is 3.73. The standard InChI is InChI=1S/C18H20N2O2/c1-13(21)19-15-10-7-11-16(12-15)20-17(22)18(2,3)14-8-5-4-6-9-14/h4-12H,1-3H3,(H,19,21)(H,20,22). The molecule has 0 aliphatic heterocycles. The normalized spacial score (nSPS) is 10.9. The van der Waals surface area contributed by atoms with E-state index in [9.17, 15) is 9.59 Å². The fourth-order valence-electron chi connectivity index (χ4n) is 2.15. The van der Waals surface area contributed by atoms with Crippen molar-refractivity contribution in [3.05, 3.63) is 60.2 Å². The molecule has 0 aromatic heterocycles. The predicted octanol–water partition coefficient (Wildman–Crippen LogP) is 3.56. The maximum atomic E-state index is 12.6. The number of hydrogen-bond donors (Lipinski definition) is 2. The van der Waals surface area contributed by atoms with Crippen molar-refractivity contribution >= 4 is 23.2 Å². The summed E-state index contributed by atoms with van der Waals surface area (Å²) in [4.78, 5) is 23.7. The van der Waals surface area contributed by atoms with Crippen molar-refractivity contribution in [1.29, 1.82) is 0 Å². The molecule has 2 rings (SSSR count). The minimum absolute atomic E-state index is 0.0984. The number of anilines is 2. The summed E-state index contributed by atoms with van der Waals surface area (Å²) >= 11 is 0. The Morgan fingerprint density at radius 2 is 1.45 bits per heavy atom. The van der Waals surface area contributed by atoms with Crippen molar-refractivity contribution in [2.45, 2.75) is 26.2 Å². The van der Waals surface area contributed by atoms with E-state index < -0.39 is 5.41 Å². The van der Waals surface area contributed by atoms with Crippen molar-refractivity contribution in [3.63, 3.8) is 0 Å². The van der Waals surface area contributed by atoms with Gasteiger partial charge in [-0.25, -0.2) is 0 Å². The van der Waals surface area contributed by atoms with E-state index in [-0.39, 0.29) is 11.8 Å². The molecule has 0 saturated heterocycles. The summed E-state index contributed by atoms with van der Waals surface area (Å²) in [5.41, 5.74) is 1.61. The van der Waals surface area contributed by atoms with Crippen LogP contribution in [0.5, 0.6) is 0 Å². The van der Waals surface area contributed by atoms with E-state index in [4.69, 9.17) is 0 Å². The van der Waals surface area contributed by atoms with Gasteiger partial charge in [-0.3, -0.25) is 9.59 Å². The molecule has 2 N–H and O–H groups in total. The van der Waals surface area contributed by atoms with Gasteiger partial charge in [-0.15, -0.1) is 0 Å². The summed E-state index contributed by atoms with van der Waals surface area (Å²) in [6.45, 7) is 5.22. The highest BCUT2D eigenvalue weighted by Gasteiger charge is 2.29. The van der Waals surface area contributed by atoms with Gasteiger partial charge in [-0.05, 0) is 37.6 Å². The van der Waals surface area contributed by atoms with Gasteiger partial charge in [0, 0.05) is 18.3 Å². The van der Waals surface area contributed by atoms with Crippen LogP contribution in [0.3, 0.4) is 0 Å². The minimum Gasteiger partial charge on any atom is -0.326 e. The molecule has 0 atom stereocenters. The molecule has 0 bridgehead atoms. The second-order valence-corrected chi connectivity index (χ2v) is 5.71. The van der Waals surface area contributed by atoms with Gasteiger partial charge >= 0.3 is 0 Å². The molecule has 0 aliphatic rings.